The molecule has 3 rings (SSSR count). The second-order valence-electron chi connectivity index (χ2n) is 5.56. The van der Waals surface area contributed by atoms with Crippen LogP contribution < -0.4 is 10.6 Å². The van der Waals surface area contributed by atoms with Gasteiger partial charge in [0, 0.05) is 22.8 Å². The minimum Gasteiger partial charge on any atom is -0.326 e. The van der Waals surface area contributed by atoms with E-state index in [-0.39, 0.29) is 24.2 Å². The highest BCUT2D eigenvalue weighted by Gasteiger charge is 2.26. The van der Waals surface area contributed by atoms with E-state index in [1.807, 2.05) is 55.5 Å². The van der Waals surface area contributed by atoms with E-state index in [1.54, 1.807) is 11.8 Å². The Morgan fingerprint density at radius 2 is 1.96 bits per heavy atom. The van der Waals surface area contributed by atoms with Gasteiger partial charge in [-0.15, -0.1) is 11.8 Å². The van der Waals surface area contributed by atoms with Gasteiger partial charge in [-0.3, -0.25) is 9.59 Å². The van der Waals surface area contributed by atoms with Crippen LogP contribution in [0.15, 0.2) is 53.4 Å². The quantitative estimate of drug-likeness (QED) is 0.904. The average Bonchev–Trinajstić information content (AvgIpc) is 2.69. The number of aryl methyl sites for hydroxylation is 1. The summed E-state index contributed by atoms with van der Waals surface area (Å²) in [5.74, 6) is 0.0362. The zero-order valence-corrected chi connectivity index (χ0v) is 13.7. The van der Waals surface area contributed by atoms with E-state index < -0.39 is 0 Å². The third kappa shape index (κ3) is 3.74. The van der Waals surface area contributed by atoms with Gasteiger partial charge in [0.05, 0.1) is 11.6 Å². The summed E-state index contributed by atoms with van der Waals surface area (Å²) in [5.41, 5.74) is 2.62. The Balaban J connectivity index is 1.65. The molecular formula is C18H18N2O2S. The summed E-state index contributed by atoms with van der Waals surface area (Å²) >= 11 is 1.61. The van der Waals surface area contributed by atoms with Crippen LogP contribution in [0.25, 0.3) is 0 Å². The van der Waals surface area contributed by atoms with Crippen LogP contribution in [0, 0.1) is 12.8 Å². The molecule has 1 aliphatic heterocycles. The number of fused-ring (bicyclic) bond motifs is 1. The summed E-state index contributed by atoms with van der Waals surface area (Å²) in [4.78, 5) is 25.6. The van der Waals surface area contributed by atoms with E-state index in [0.717, 1.165) is 21.8 Å². The van der Waals surface area contributed by atoms with Crippen LogP contribution in [-0.2, 0) is 9.59 Å². The number of nitrogens with one attached hydrogen (secondary N) is 2. The molecule has 1 unspecified atom stereocenters. The molecule has 0 aromatic heterocycles. The van der Waals surface area contributed by atoms with Gasteiger partial charge in [0.25, 0.3) is 0 Å². The first-order valence-corrected chi connectivity index (χ1v) is 8.50. The molecule has 0 bridgehead atoms. The fraction of sp³-hybridized carbons (Fsp3) is 0.222. The Kier molecular flexibility index (Phi) is 4.67. The van der Waals surface area contributed by atoms with Crippen molar-refractivity contribution in [1.82, 2.24) is 0 Å². The third-order valence-corrected chi connectivity index (χ3v) is 5.04. The number of para-hydroxylation sites is 2. The lowest BCUT2D eigenvalue weighted by atomic mass is 10.1. The first-order valence-electron chi connectivity index (χ1n) is 7.51. The Morgan fingerprint density at radius 1 is 1.22 bits per heavy atom. The fourth-order valence-electron chi connectivity index (χ4n) is 2.49. The molecule has 5 heteroatoms. The maximum absolute atomic E-state index is 12.3. The van der Waals surface area contributed by atoms with Crippen LogP contribution in [0.4, 0.5) is 11.4 Å². The van der Waals surface area contributed by atoms with Crippen molar-refractivity contribution in [1.29, 1.82) is 0 Å². The molecule has 1 heterocycles. The second kappa shape index (κ2) is 6.87. The second-order valence-corrected chi connectivity index (χ2v) is 6.62. The lowest BCUT2D eigenvalue weighted by Crippen LogP contribution is -2.28. The lowest BCUT2D eigenvalue weighted by Gasteiger charge is -2.13. The molecule has 2 aromatic rings. The maximum atomic E-state index is 12.3. The van der Waals surface area contributed by atoms with Gasteiger partial charge in [0.2, 0.25) is 11.8 Å². The number of hydrogen-bond acceptors (Lipinski definition) is 3. The molecule has 2 aromatic carbocycles. The number of benzene rings is 2. The lowest BCUT2D eigenvalue weighted by molar-refractivity contribution is -0.124. The fourth-order valence-corrected chi connectivity index (χ4v) is 3.59. The Morgan fingerprint density at radius 3 is 2.78 bits per heavy atom. The molecule has 0 spiro atoms. The number of rotatable bonds is 3. The number of amides is 2. The summed E-state index contributed by atoms with van der Waals surface area (Å²) in [6, 6.07) is 15.3. The van der Waals surface area contributed by atoms with Gasteiger partial charge in [-0.1, -0.05) is 30.3 Å². The highest BCUT2D eigenvalue weighted by atomic mass is 32.2. The van der Waals surface area contributed by atoms with Crippen molar-refractivity contribution in [3.05, 3.63) is 54.1 Å². The molecule has 0 fully saturated rings. The summed E-state index contributed by atoms with van der Waals surface area (Å²) < 4.78 is 0. The molecule has 0 saturated heterocycles. The van der Waals surface area contributed by atoms with E-state index in [9.17, 15) is 9.59 Å². The van der Waals surface area contributed by atoms with Crippen molar-refractivity contribution < 1.29 is 9.59 Å². The zero-order valence-electron chi connectivity index (χ0n) is 12.8. The van der Waals surface area contributed by atoms with Crippen LogP contribution in [0.3, 0.4) is 0 Å². The van der Waals surface area contributed by atoms with Crippen LogP contribution in [0.1, 0.15) is 12.0 Å². The Bertz CT molecular complexity index is 745. The molecular weight excluding hydrogens is 308 g/mol. The van der Waals surface area contributed by atoms with Gasteiger partial charge in [-0.05, 0) is 30.7 Å². The van der Waals surface area contributed by atoms with Crippen molar-refractivity contribution in [2.24, 2.45) is 5.92 Å². The molecule has 4 nitrogen and oxygen atoms in total. The maximum Gasteiger partial charge on any atom is 0.228 e. The normalized spacial score (nSPS) is 16.9. The zero-order chi connectivity index (χ0) is 16.2. The number of anilines is 2. The molecule has 118 valence electrons. The van der Waals surface area contributed by atoms with Crippen molar-refractivity contribution in [3.8, 4) is 0 Å². The summed E-state index contributed by atoms with van der Waals surface area (Å²) in [7, 11) is 0. The topological polar surface area (TPSA) is 58.2 Å². The van der Waals surface area contributed by atoms with Crippen molar-refractivity contribution in [2.45, 2.75) is 18.2 Å². The van der Waals surface area contributed by atoms with Crippen molar-refractivity contribution >= 4 is 35.0 Å². The van der Waals surface area contributed by atoms with Gasteiger partial charge in [-0.25, -0.2) is 0 Å². The smallest absolute Gasteiger partial charge is 0.228 e. The highest BCUT2D eigenvalue weighted by molar-refractivity contribution is 7.99. The first-order chi connectivity index (χ1) is 11.1. The molecule has 23 heavy (non-hydrogen) atoms. The number of hydrogen-bond donors (Lipinski definition) is 2. The van der Waals surface area contributed by atoms with Crippen LogP contribution in [0.2, 0.25) is 0 Å². The van der Waals surface area contributed by atoms with E-state index in [1.165, 1.54) is 0 Å². The Labute approximate surface area is 139 Å². The van der Waals surface area contributed by atoms with Crippen LogP contribution >= 0.6 is 11.8 Å². The molecule has 2 N–H and O–H groups in total. The standard InChI is InChI=1S/C18H18N2O2S/c1-12-6-2-3-7-14(12)19-17(21)10-13-11-23-16-9-5-4-8-15(16)20-18(13)22/h2-9,13H,10-11H2,1H3,(H,19,21)(H,20,22). The van der Waals surface area contributed by atoms with Gasteiger partial charge in [-0.2, -0.15) is 0 Å². The minimum absolute atomic E-state index is 0.0950. The van der Waals surface area contributed by atoms with Gasteiger partial charge < -0.3 is 10.6 Å². The number of carbonyl (C=O) groups is 2. The molecule has 0 saturated carbocycles. The number of carbonyl (C=O) groups excluding carboxylic acids is 2. The van der Waals surface area contributed by atoms with Gasteiger partial charge in [0.1, 0.15) is 0 Å². The third-order valence-electron chi connectivity index (χ3n) is 3.81. The molecule has 1 aliphatic rings. The predicted octanol–water partition coefficient (Wildman–Crippen LogP) is 3.68. The van der Waals surface area contributed by atoms with Crippen LogP contribution in [0.5, 0.6) is 0 Å². The SMILES string of the molecule is Cc1ccccc1NC(=O)CC1CSc2ccccc2NC1=O. The van der Waals surface area contributed by atoms with E-state index in [0.29, 0.717) is 5.75 Å². The Hall–Kier alpha value is -2.27. The average molecular weight is 326 g/mol. The molecule has 0 aliphatic carbocycles. The summed E-state index contributed by atoms with van der Waals surface area (Å²) in [6.07, 6.45) is 0.182. The number of thioether (sulfide) groups is 1. The van der Waals surface area contributed by atoms with Crippen molar-refractivity contribution in [2.75, 3.05) is 16.4 Å². The van der Waals surface area contributed by atoms with Crippen molar-refractivity contribution in [3.63, 3.8) is 0 Å². The highest BCUT2D eigenvalue weighted by Crippen LogP contribution is 2.33. The monoisotopic (exact) mass is 326 g/mol. The summed E-state index contributed by atoms with van der Waals surface area (Å²) in [6.45, 7) is 1.94. The van der Waals surface area contributed by atoms with Crippen LogP contribution in [-0.4, -0.2) is 17.6 Å². The van der Waals surface area contributed by atoms with E-state index >= 15 is 0 Å². The molecule has 2 amide bonds. The van der Waals surface area contributed by atoms with E-state index in [2.05, 4.69) is 10.6 Å². The van der Waals surface area contributed by atoms with Gasteiger partial charge >= 0.3 is 0 Å². The summed E-state index contributed by atoms with van der Waals surface area (Å²) in [5, 5.41) is 5.80. The minimum atomic E-state index is -0.337. The molecule has 0 radical (unpaired) electrons. The first kappa shape index (κ1) is 15.6. The van der Waals surface area contributed by atoms with Gasteiger partial charge in [0.15, 0.2) is 0 Å². The predicted molar refractivity (Wildman–Crippen MR) is 93.7 cm³/mol. The molecule has 1 atom stereocenters. The largest absolute Gasteiger partial charge is 0.326 e. The van der Waals surface area contributed by atoms with E-state index in [4.69, 9.17) is 0 Å².